The van der Waals surface area contributed by atoms with Gasteiger partial charge in [0.15, 0.2) is 0 Å². The van der Waals surface area contributed by atoms with Crippen LogP contribution in [-0.4, -0.2) is 19.1 Å². The first-order valence-corrected chi connectivity index (χ1v) is 7.60. The van der Waals surface area contributed by atoms with Crippen molar-refractivity contribution in [2.45, 2.75) is 0 Å². The van der Waals surface area contributed by atoms with Gasteiger partial charge in [-0.1, -0.05) is 30.9 Å². The molecule has 0 aliphatic carbocycles. The molecule has 2 rings (SSSR count). The van der Waals surface area contributed by atoms with Gasteiger partial charge in [-0.15, -0.1) is 0 Å². The second-order valence-electron chi connectivity index (χ2n) is 4.51. The first-order chi connectivity index (χ1) is 10.7. The molecule has 2 aromatic carbocycles. The van der Waals surface area contributed by atoms with E-state index < -0.39 is 0 Å². The van der Waals surface area contributed by atoms with Crippen molar-refractivity contribution in [3.8, 4) is 5.75 Å². The number of nitrogens with one attached hydrogen (secondary N) is 2. The number of hydrogen-bond donors (Lipinski definition) is 2. The van der Waals surface area contributed by atoms with Crippen molar-refractivity contribution in [3.05, 3.63) is 65.7 Å². The highest BCUT2D eigenvalue weighted by Crippen LogP contribution is 2.21. The average molecular weight is 361 g/mol. The summed E-state index contributed by atoms with van der Waals surface area (Å²) in [4.78, 5) is 12.0. The van der Waals surface area contributed by atoms with Crippen LogP contribution in [0, 0.1) is 0 Å². The van der Waals surface area contributed by atoms with Gasteiger partial charge in [0.1, 0.15) is 12.4 Å². The molecule has 2 N–H and O–H groups in total. The lowest BCUT2D eigenvalue weighted by molar-refractivity contribution is -0.114. The van der Waals surface area contributed by atoms with E-state index >= 15 is 0 Å². The summed E-state index contributed by atoms with van der Waals surface area (Å²) in [7, 11) is 0. The topological polar surface area (TPSA) is 50.4 Å². The third-order valence-electron chi connectivity index (χ3n) is 2.80. The molecule has 0 atom stereocenters. The number of amides is 1. The first-order valence-electron chi connectivity index (χ1n) is 6.81. The van der Waals surface area contributed by atoms with Gasteiger partial charge in [0.05, 0.1) is 6.54 Å². The van der Waals surface area contributed by atoms with E-state index in [1.165, 1.54) is 0 Å². The van der Waals surface area contributed by atoms with Crippen molar-refractivity contribution in [1.29, 1.82) is 0 Å². The minimum absolute atomic E-state index is 0.128. The number of benzene rings is 2. The lowest BCUT2D eigenvalue weighted by Gasteiger charge is -2.10. The Bertz CT molecular complexity index is 659. The van der Waals surface area contributed by atoms with Gasteiger partial charge in [0.25, 0.3) is 0 Å². The number of hydrogen-bond acceptors (Lipinski definition) is 3. The van der Waals surface area contributed by atoms with Crippen molar-refractivity contribution >= 4 is 33.2 Å². The Balaban J connectivity index is 1.89. The number of rotatable bonds is 7. The molecule has 0 spiro atoms. The van der Waals surface area contributed by atoms with Crippen molar-refractivity contribution in [3.63, 3.8) is 0 Å². The third kappa shape index (κ3) is 4.93. The van der Waals surface area contributed by atoms with Gasteiger partial charge in [-0.05, 0) is 40.2 Å². The highest BCUT2D eigenvalue weighted by molar-refractivity contribution is 9.10. The number of ether oxygens (including phenoxy) is 1. The molecular formula is C17H17BrN2O2. The lowest BCUT2D eigenvalue weighted by Crippen LogP contribution is -2.21. The zero-order valence-corrected chi connectivity index (χ0v) is 13.6. The van der Waals surface area contributed by atoms with Crippen LogP contribution < -0.4 is 15.4 Å². The molecular weight excluding hydrogens is 344 g/mol. The average Bonchev–Trinajstić information content (AvgIpc) is 2.52. The Kier molecular flexibility index (Phi) is 6.03. The first kappa shape index (κ1) is 16.1. The summed E-state index contributed by atoms with van der Waals surface area (Å²) in [5.74, 6) is 0.563. The van der Waals surface area contributed by atoms with Crippen LogP contribution in [0.15, 0.2) is 65.7 Å². The Hall–Kier alpha value is -2.27. The molecule has 22 heavy (non-hydrogen) atoms. The zero-order valence-electron chi connectivity index (χ0n) is 12.0. The maximum atomic E-state index is 12.0. The molecule has 0 aliphatic heterocycles. The fraction of sp³-hybridized carbons (Fsp3) is 0.118. The van der Waals surface area contributed by atoms with E-state index in [1.54, 1.807) is 12.1 Å². The molecule has 0 saturated carbocycles. The summed E-state index contributed by atoms with van der Waals surface area (Å²) in [5.41, 5.74) is 1.57. The third-order valence-corrected chi connectivity index (χ3v) is 3.49. The molecule has 4 nitrogen and oxygen atoms in total. The van der Waals surface area contributed by atoms with Gasteiger partial charge in [-0.2, -0.15) is 0 Å². The number of halogens is 1. The van der Waals surface area contributed by atoms with Crippen molar-refractivity contribution < 1.29 is 9.53 Å². The number of carbonyl (C=O) groups is 1. The largest absolute Gasteiger partial charge is 0.489 e. The van der Waals surface area contributed by atoms with E-state index in [4.69, 9.17) is 4.74 Å². The van der Waals surface area contributed by atoms with E-state index in [0.29, 0.717) is 18.0 Å². The van der Waals surface area contributed by atoms with Crippen LogP contribution >= 0.6 is 15.9 Å². The molecule has 0 aliphatic rings. The summed E-state index contributed by atoms with van der Waals surface area (Å²) >= 11 is 3.43. The quantitative estimate of drug-likeness (QED) is 0.731. The SMILES string of the molecule is C=CCOc1cccc(NC(=O)CNc2ccccc2Br)c1. The standard InChI is InChI=1S/C17H17BrN2O2/c1-2-10-22-14-7-5-6-13(11-14)20-17(21)12-19-16-9-4-3-8-15(16)18/h2-9,11,19H,1,10,12H2,(H,20,21). The summed E-state index contributed by atoms with van der Waals surface area (Å²) < 4.78 is 6.35. The summed E-state index contributed by atoms with van der Waals surface area (Å²) in [5, 5.41) is 5.90. The Morgan fingerprint density at radius 2 is 2.05 bits per heavy atom. The Morgan fingerprint density at radius 1 is 1.23 bits per heavy atom. The molecule has 5 heteroatoms. The molecule has 0 aromatic heterocycles. The summed E-state index contributed by atoms with van der Waals surface area (Å²) in [6, 6.07) is 14.9. The van der Waals surface area contributed by atoms with E-state index in [1.807, 2.05) is 42.5 Å². The van der Waals surface area contributed by atoms with E-state index in [9.17, 15) is 4.79 Å². The molecule has 0 bridgehead atoms. The second kappa shape index (κ2) is 8.24. The lowest BCUT2D eigenvalue weighted by atomic mass is 10.3. The van der Waals surface area contributed by atoms with Crippen LogP contribution in [0.25, 0.3) is 0 Å². The molecule has 0 unspecified atom stereocenters. The smallest absolute Gasteiger partial charge is 0.243 e. The fourth-order valence-electron chi connectivity index (χ4n) is 1.80. The predicted octanol–water partition coefficient (Wildman–Crippen LogP) is 4.06. The normalized spacial score (nSPS) is 9.86. The molecule has 0 fully saturated rings. The maximum absolute atomic E-state index is 12.0. The van der Waals surface area contributed by atoms with Gasteiger partial charge in [0.2, 0.25) is 5.91 Å². The predicted molar refractivity (Wildman–Crippen MR) is 93.4 cm³/mol. The molecule has 0 radical (unpaired) electrons. The van der Waals surface area contributed by atoms with Gasteiger partial charge in [-0.25, -0.2) is 0 Å². The van der Waals surface area contributed by atoms with Crippen molar-refractivity contribution in [2.75, 3.05) is 23.8 Å². The monoisotopic (exact) mass is 360 g/mol. The van der Waals surface area contributed by atoms with E-state index in [2.05, 4.69) is 33.1 Å². The highest BCUT2D eigenvalue weighted by Gasteiger charge is 2.05. The minimum Gasteiger partial charge on any atom is -0.489 e. The fourth-order valence-corrected chi connectivity index (χ4v) is 2.23. The highest BCUT2D eigenvalue weighted by atomic mass is 79.9. The van der Waals surface area contributed by atoms with Crippen LogP contribution in [-0.2, 0) is 4.79 Å². The van der Waals surface area contributed by atoms with Crippen LogP contribution in [0.1, 0.15) is 0 Å². The van der Waals surface area contributed by atoms with Gasteiger partial charge < -0.3 is 15.4 Å². The number of anilines is 2. The molecule has 0 heterocycles. The van der Waals surface area contributed by atoms with Crippen molar-refractivity contribution in [2.24, 2.45) is 0 Å². The van der Waals surface area contributed by atoms with Crippen LogP contribution in [0.2, 0.25) is 0 Å². The van der Waals surface area contributed by atoms with Gasteiger partial charge in [-0.3, -0.25) is 4.79 Å². The van der Waals surface area contributed by atoms with Crippen LogP contribution in [0.3, 0.4) is 0 Å². The Labute approximate surface area is 138 Å². The summed E-state index contributed by atoms with van der Waals surface area (Å²) in [6.45, 7) is 4.21. The second-order valence-corrected chi connectivity index (χ2v) is 5.36. The van der Waals surface area contributed by atoms with Gasteiger partial charge >= 0.3 is 0 Å². The summed E-state index contributed by atoms with van der Waals surface area (Å²) in [6.07, 6.45) is 1.67. The number of para-hydroxylation sites is 1. The Morgan fingerprint density at radius 3 is 2.82 bits per heavy atom. The molecule has 114 valence electrons. The number of carbonyl (C=O) groups excluding carboxylic acids is 1. The zero-order chi connectivity index (χ0) is 15.8. The van der Waals surface area contributed by atoms with E-state index in [-0.39, 0.29) is 12.5 Å². The molecule has 1 amide bonds. The van der Waals surface area contributed by atoms with Crippen LogP contribution in [0.4, 0.5) is 11.4 Å². The molecule has 0 saturated heterocycles. The minimum atomic E-state index is -0.128. The van der Waals surface area contributed by atoms with E-state index in [0.717, 1.165) is 10.2 Å². The van der Waals surface area contributed by atoms with Crippen molar-refractivity contribution in [1.82, 2.24) is 0 Å². The molecule has 2 aromatic rings. The van der Waals surface area contributed by atoms with Crippen LogP contribution in [0.5, 0.6) is 5.75 Å². The maximum Gasteiger partial charge on any atom is 0.243 e. The van der Waals surface area contributed by atoms with Gasteiger partial charge in [0, 0.05) is 21.9 Å².